The molecule has 1 amide bonds. The predicted molar refractivity (Wildman–Crippen MR) is 126 cm³/mol. The van der Waals surface area contributed by atoms with Gasteiger partial charge in [0, 0.05) is 38.8 Å². The van der Waals surface area contributed by atoms with E-state index in [1.165, 1.54) is 10.9 Å². The lowest BCUT2D eigenvalue weighted by molar-refractivity contribution is -0.116. The van der Waals surface area contributed by atoms with E-state index >= 15 is 0 Å². The number of amides is 1. The number of carbonyl (C=O) groups is 1. The first kappa shape index (κ1) is 21.3. The first-order valence-electron chi connectivity index (χ1n) is 10.4. The highest BCUT2D eigenvalue weighted by Gasteiger charge is 2.11. The van der Waals surface area contributed by atoms with Gasteiger partial charge in [-0.25, -0.2) is 9.67 Å². The molecule has 0 saturated carbocycles. The van der Waals surface area contributed by atoms with Crippen molar-refractivity contribution in [1.29, 1.82) is 0 Å². The smallest absolute Gasteiger partial charge is 0.261 e. The maximum absolute atomic E-state index is 12.7. The van der Waals surface area contributed by atoms with Crippen LogP contribution < -0.4 is 15.8 Å². The van der Waals surface area contributed by atoms with Gasteiger partial charge in [0.25, 0.3) is 5.56 Å². The Bertz CT molecular complexity index is 1300. The molecule has 0 aliphatic carbocycles. The molecule has 0 unspecified atom stereocenters. The summed E-state index contributed by atoms with van der Waals surface area (Å²) in [5.41, 5.74) is 3.71. The third-order valence-corrected chi connectivity index (χ3v) is 5.40. The summed E-state index contributed by atoms with van der Waals surface area (Å²) < 4.78 is 3.22. The Morgan fingerprint density at radius 1 is 1.09 bits per heavy atom. The molecule has 0 aliphatic rings. The molecule has 8 nitrogen and oxygen atoms in total. The summed E-state index contributed by atoms with van der Waals surface area (Å²) in [6.07, 6.45) is 3.32. The largest absolute Gasteiger partial charge is 0.378 e. The van der Waals surface area contributed by atoms with Crippen LogP contribution in [0.15, 0.2) is 65.8 Å². The fourth-order valence-corrected chi connectivity index (χ4v) is 3.56. The van der Waals surface area contributed by atoms with E-state index in [0.717, 1.165) is 16.8 Å². The summed E-state index contributed by atoms with van der Waals surface area (Å²) in [6, 6.07) is 15.5. The predicted octanol–water partition coefficient (Wildman–Crippen LogP) is 3.04. The number of benzene rings is 2. The highest BCUT2D eigenvalue weighted by molar-refractivity contribution is 5.89. The lowest BCUT2D eigenvalue weighted by Crippen LogP contribution is -2.24. The van der Waals surface area contributed by atoms with Gasteiger partial charge in [-0.2, -0.15) is 5.10 Å². The summed E-state index contributed by atoms with van der Waals surface area (Å²) in [5, 5.41) is 7.78. The molecule has 2 aromatic carbocycles. The van der Waals surface area contributed by atoms with Crippen LogP contribution in [0, 0.1) is 6.92 Å². The number of rotatable bonds is 7. The van der Waals surface area contributed by atoms with Crippen LogP contribution in [0.1, 0.15) is 17.5 Å². The molecule has 4 aromatic rings. The van der Waals surface area contributed by atoms with Crippen molar-refractivity contribution in [3.05, 3.63) is 82.5 Å². The van der Waals surface area contributed by atoms with Crippen LogP contribution in [-0.4, -0.2) is 39.3 Å². The highest BCUT2D eigenvalue weighted by Crippen LogP contribution is 2.15. The Morgan fingerprint density at radius 3 is 2.62 bits per heavy atom. The second-order valence-electron chi connectivity index (χ2n) is 7.95. The average molecular weight is 431 g/mol. The van der Waals surface area contributed by atoms with Gasteiger partial charge in [-0.15, -0.1) is 0 Å². The van der Waals surface area contributed by atoms with Crippen molar-refractivity contribution in [3.63, 3.8) is 0 Å². The summed E-state index contributed by atoms with van der Waals surface area (Å²) in [7, 11) is 4.00. The molecule has 0 spiro atoms. The van der Waals surface area contributed by atoms with Gasteiger partial charge < -0.3 is 10.2 Å². The van der Waals surface area contributed by atoms with Crippen molar-refractivity contribution in [3.8, 4) is 0 Å². The Balaban J connectivity index is 1.40. The quantitative estimate of drug-likeness (QED) is 0.487. The minimum atomic E-state index is -0.189. The third-order valence-electron chi connectivity index (χ3n) is 5.40. The molecule has 32 heavy (non-hydrogen) atoms. The maximum atomic E-state index is 12.7. The number of fused-ring (bicyclic) bond motifs is 1. The van der Waals surface area contributed by atoms with Crippen molar-refractivity contribution < 1.29 is 4.79 Å². The number of nitrogens with zero attached hydrogens (tertiary/aromatic N) is 5. The van der Waals surface area contributed by atoms with Crippen LogP contribution in [-0.2, 0) is 17.9 Å². The standard InChI is InChI=1S/C24H26N6O2/c1-17-5-4-6-20-23(17)25-16-29(24(20)32)14-12-22(31)27-21-11-13-26-30(21)15-18-7-9-19(10-8-18)28(2)3/h4-11,13,16H,12,14-15H2,1-3H3,(H,27,31). The first-order chi connectivity index (χ1) is 15.4. The van der Waals surface area contributed by atoms with E-state index in [1.807, 2.05) is 62.3 Å². The molecule has 8 heteroatoms. The molecule has 0 atom stereocenters. The Morgan fingerprint density at radius 2 is 1.88 bits per heavy atom. The third kappa shape index (κ3) is 4.54. The van der Waals surface area contributed by atoms with Crippen LogP contribution in [0.2, 0.25) is 0 Å². The highest BCUT2D eigenvalue weighted by atomic mass is 16.2. The number of para-hydroxylation sites is 1. The van der Waals surface area contributed by atoms with Crippen molar-refractivity contribution >= 4 is 28.3 Å². The number of carbonyl (C=O) groups excluding carboxylic acids is 1. The zero-order valence-corrected chi connectivity index (χ0v) is 18.4. The molecule has 0 bridgehead atoms. The molecule has 0 aliphatic heterocycles. The van der Waals surface area contributed by atoms with Gasteiger partial charge in [-0.1, -0.05) is 24.3 Å². The van der Waals surface area contributed by atoms with Crippen LogP contribution in [0.4, 0.5) is 11.5 Å². The average Bonchev–Trinajstić information content (AvgIpc) is 3.20. The molecule has 2 aromatic heterocycles. The van der Waals surface area contributed by atoms with E-state index in [0.29, 0.717) is 23.3 Å². The lowest BCUT2D eigenvalue weighted by atomic mass is 10.1. The van der Waals surface area contributed by atoms with Gasteiger partial charge in [0.05, 0.1) is 30.0 Å². The second-order valence-corrected chi connectivity index (χ2v) is 7.95. The molecular weight excluding hydrogens is 404 g/mol. The number of hydrogen-bond donors (Lipinski definition) is 1. The van der Waals surface area contributed by atoms with Gasteiger partial charge in [0.1, 0.15) is 5.82 Å². The van der Waals surface area contributed by atoms with Crippen LogP contribution in [0.5, 0.6) is 0 Å². The van der Waals surface area contributed by atoms with Crippen molar-refractivity contribution in [2.45, 2.75) is 26.4 Å². The monoisotopic (exact) mass is 430 g/mol. The van der Waals surface area contributed by atoms with E-state index in [2.05, 4.69) is 15.4 Å². The number of nitrogens with one attached hydrogen (secondary N) is 1. The number of anilines is 2. The summed E-state index contributed by atoms with van der Waals surface area (Å²) >= 11 is 0. The van der Waals surface area contributed by atoms with Crippen molar-refractivity contribution in [2.75, 3.05) is 24.3 Å². The van der Waals surface area contributed by atoms with E-state index in [4.69, 9.17) is 0 Å². The topological polar surface area (TPSA) is 85.0 Å². The zero-order chi connectivity index (χ0) is 22.7. The summed E-state index contributed by atoms with van der Waals surface area (Å²) in [6.45, 7) is 2.72. The zero-order valence-electron chi connectivity index (χ0n) is 18.4. The molecule has 164 valence electrons. The molecule has 0 fully saturated rings. The molecule has 0 saturated heterocycles. The SMILES string of the molecule is Cc1cccc2c(=O)n(CCC(=O)Nc3ccnn3Cc3ccc(N(C)C)cc3)cnc12. The first-order valence-corrected chi connectivity index (χ1v) is 10.4. The number of aryl methyl sites for hydroxylation is 2. The minimum absolute atomic E-state index is 0.141. The Kier molecular flexibility index (Phi) is 6.02. The van der Waals surface area contributed by atoms with Gasteiger partial charge in [0.15, 0.2) is 0 Å². The van der Waals surface area contributed by atoms with Crippen molar-refractivity contribution in [1.82, 2.24) is 19.3 Å². The Labute approximate surface area is 186 Å². The second kappa shape index (κ2) is 9.05. The minimum Gasteiger partial charge on any atom is -0.378 e. The summed E-state index contributed by atoms with van der Waals surface area (Å²) in [5.74, 6) is 0.428. The fraction of sp³-hybridized carbons (Fsp3) is 0.250. The van der Waals surface area contributed by atoms with Crippen LogP contribution in [0.25, 0.3) is 10.9 Å². The van der Waals surface area contributed by atoms with E-state index in [9.17, 15) is 9.59 Å². The molecule has 1 N–H and O–H groups in total. The van der Waals surface area contributed by atoms with Crippen molar-refractivity contribution in [2.24, 2.45) is 0 Å². The van der Waals surface area contributed by atoms with Gasteiger partial charge >= 0.3 is 0 Å². The maximum Gasteiger partial charge on any atom is 0.261 e. The molecular formula is C24H26N6O2. The van der Waals surface area contributed by atoms with Gasteiger partial charge in [-0.3, -0.25) is 14.2 Å². The number of hydrogen-bond acceptors (Lipinski definition) is 5. The Hall–Kier alpha value is -3.94. The van der Waals surface area contributed by atoms with Crippen LogP contribution >= 0.6 is 0 Å². The number of aromatic nitrogens is 4. The van der Waals surface area contributed by atoms with E-state index in [-0.39, 0.29) is 24.4 Å². The van der Waals surface area contributed by atoms with E-state index < -0.39 is 0 Å². The van der Waals surface area contributed by atoms with Crippen LogP contribution in [0.3, 0.4) is 0 Å². The van der Waals surface area contributed by atoms with Gasteiger partial charge in [0.2, 0.25) is 5.91 Å². The molecule has 4 rings (SSSR count). The lowest BCUT2D eigenvalue weighted by Gasteiger charge is -2.13. The van der Waals surface area contributed by atoms with Gasteiger partial charge in [-0.05, 0) is 36.2 Å². The normalized spacial score (nSPS) is 11.0. The molecule has 0 radical (unpaired) electrons. The fourth-order valence-electron chi connectivity index (χ4n) is 3.56. The van der Waals surface area contributed by atoms with E-state index in [1.54, 1.807) is 23.0 Å². The summed E-state index contributed by atoms with van der Waals surface area (Å²) in [4.78, 5) is 31.7. The molecule has 2 heterocycles.